The highest BCUT2D eigenvalue weighted by atomic mass is 16.6. The van der Waals surface area contributed by atoms with E-state index >= 15 is 0 Å². The highest BCUT2D eigenvalue weighted by Gasteiger charge is 2.49. The fourth-order valence-electron chi connectivity index (χ4n) is 7.82. The minimum absolute atomic E-state index is 0.115. The fraction of sp³-hybridized carbons (Fsp3) is 0.308. The lowest BCUT2D eigenvalue weighted by molar-refractivity contribution is -0.275. The van der Waals surface area contributed by atoms with Crippen LogP contribution in [0.5, 0.6) is 5.75 Å². The summed E-state index contributed by atoms with van der Waals surface area (Å²) < 4.78 is 46.3. The topological polar surface area (TPSA) is 64.6 Å². The second-order valence-corrected chi connectivity index (χ2v) is 15.5. The van der Waals surface area contributed by atoms with Crippen LogP contribution in [0, 0.1) is 6.92 Å². The van der Waals surface area contributed by atoms with Gasteiger partial charge in [0, 0.05) is 6.42 Å². The molecule has 304 valence electrons. The molecule has 6 atom stereocenters. The van der Waals surface area contributed by atoms with E-state index in [9.17, 15) is 0 Å². The zero-order valence-corrected chi connectivity index (χ0v) is 33.8. The zero-order valence-electron chi connectivity index (χ0n) is 33.8. The second kappa shape index (κ2) is 20.7. The van der Waals surface area contributed by atoms with Gasteiger partial charge in [-0.3, -0.25) is 0 Å². The number of ether oxygens (including phenoxy) is 7. The third-order valence-electron chi connectivity index (χ3n) is 11.1. The average molecular weight is 791 g/mol. The Bertz CT molecular complexity index is 2120. The van der Waals surface area contributed by atoms with Crippen LogP contribution in [0.25, 0.3) is 0 Å². The van der Waals surface area contributed by atoms with Crippen molar-refractivity contribution in [2.45, 2.75) is 82.8 Å². The van der Waals surface area contributed by atoms with Gasteiger partial charge in [-0.25, -0.2) is 0 Å². The SMILES string of the molecule is Cc1ccc([C@@H]2OC(COCc3ccccc3)[C@@H](OCc3ccccc3)[C@H](OCc3ccccc3)[C@H]2OCc2ccccc2)cc1Cc1ccc(OC2CCOC2)cc1. The summed E-state index contributed by atoms with van der Waals surface area (Å²) in [7, 11) is 0. The first-order valence-corrected chi connectivity index (χ1v) is 20.8. The molecule has 7 nitrogen and oxygen atoms in total. The predicted molar refractivity (Wildman–Crippen MR) is 229 cm³/mol. The van der Waals surface area contributed by atoms with Crippen molar-refractivity contribution in [1.29, 1.82) is 0 Å². The Labute approximate surface area is 348 Å². The standard InChI is InChI=1S/C52H54O7/c1-38-22-25-44(31-45(38)30-39-23-26-46(27-24-39)58-47-28-29-53-36-47)49-51(56-34-42-18-10-4-11-19-42)52(57-35-43-20-12-5-13-21-43)50(55-33-41-16-8-3-9-17-41)48(59-49)37-54-32-40-14-6-2-7-15-40/h2-27,31,47-52H,28-30,32-37H2,1H3/t47?,48?,49-,50+,51-,52-/m0/s1. The highest BCUT2D eigenvalue weighted by molar-refractivity contribution is 5.38. The van der Waals surface area contributed by atoms with Gasteiger partial charge >= 0.3 is 0 Å². The van der Waals surface area contributed by atoms with Crippen molar-refractivity contribution in [2.75, 3.05) is 19.8 Å². The van der Waals surface area contributed by atoms with E-state index in [1.165, 1.54) is 16.7 Å². The van der Waals surface area contributed by atoms with E-state index in [2.05, 4.69) is 97.9 Å². The Morgan fingerprint density at radius 3 is 1.64 bits per heavy atom. The monoisotopic (exact) mass is 790 g/mol. The van der Waals surface area contributed by atoms with Gasteiger partial charge < -0.3 is 33.2 Å². The maximum absolute atomic E-state index is 7.24. The molecular weight excluding hydrogens is 737 g/mol. The smallest absolute Gasteiger partial charge is 0.124 e. The van der Waals surface area contributed by atoms with Crippen LogP contribution in [0.15, 0.2) is 164 Å². The van der Waals surface area contributed by atoms with Crippen LogP contribution < -0.4 is 4.74 Å². The summed E-state index contributed by atoms with van der Waals surface area (Å²) in [4.78, 5) is 0. The maximum Gasteiger partial charge on any atom is 0.124 e. The highest BCUT2D eigenvalue weighted by Crippen LogP contribution is 2.39. The molecule has 2 unspecified atom stereocenters. The first-order chi connectivity index (χ1) is 29.1. The van der Waals surface area contributed by atoms with E-state index in [0.29, 0.717) is 39.6 Å². The number of benzene rings is 6. The van der Waals surface area contributed by atoms with Gasteiger partial charge in [0.15, 0.2) is 0 Å². The number of hydrogen-bond donors (Lipinski definition) is 0. The molecule has 6 aromatic rings. The van der Waals surface area contributed by atoms with E-state index < -0.39 is 30.5 Å². The maximum atomic E-state index is 7.24. The molecule has 2 aliphatic heterocycles. The lowest BCUT2D eigenvalue weighted by Gasteiger charge is -2.46. The Morgan fingerprint density at radius 2 is 1.08 bits per heavy atom. The van der Waals surface area contributed by atoms with Gasteiger partial charge in [-0.1, -0.05) is 152 Å². The van der Waals surface area contributed by atoms with Crippen molar-refractivity contribution in [3.63, 3.8) is 0 Å². The molecule has 6 aromatic carbocycles. The van der Waals surface area contributed by atoms with E-state index in [4.69, 9.17) is 33.2 Å². The van der Waals surface area contributed by atoms with Gasteiger partial charge in [0.1, 0.15) is 42.4 Å². The third-order valence-corrected chi connectivity index (χ3v) is 11.1. The molecule has 0 aromatic heterocycles. The Hall–Kier alpha value is -5.12. The number of hydrogen-bond acceptors (Lipinski definition) is 7. The van der Waals surface area contributed by atoms with Gasteiger partial charge in [0.05, 0.1) is 46.2 Å². The lowest BCUT2D eigenvalue weighted by atomic mass is 9.88. The van der Waals surface area contributed by atoms with Crippen LogP contribution >= 0.6 is 0 Å². The van der Waals surface area contributed by atoms with Crippen LogP contribution in [0.1, 0.15) is 57.0 Å². The van der Waals surface area contributed by atoms with Gasteiger partial charge in [-0.15, -0.1) is 0 Å². The lowest BCUT2D eigenvalue weighted by Crippen LogP contribution is -2.58. The first-order valence-electron chi connectivity index (χ1n) is 20.8. The summed E-state index contributed by atoms with van der Waals surface area (Å²) in [5, 5.41) is 0. The summed E-state index contributed by atoms with van der Waals surface area (Å²) in [6.45, 7) is 5.49. The first kappa shape index (κ1) is 40.7. The van der Waals surface area contributed by atoms with E-state index in [-0.39, 0.29) is 6.10 Å². The molecule has 2 saturated heterocycles. The van der Waals surface area contributed by atoms with Crippen LogP contribution in [-0.4, -0.2) is 50.3 Å². The fourth-order valence-corrected chi connectivity index (χ4v) is 7.82. The van der Waals surface area contributed by atoms with Crippen LogP contribution in [-0.2, 0) is 61.3 Å². The molecule has 2 aliphatic rings. The van der Waals surface area contributed by atoms with E-state index in [0.717, 1.165) is 53.0 Å². The van der Waals surface area contributed by atoms with Crippen LogP contribution in [0.3, 0.4) is 0 Å². The molecule has 7 heteroatoms. The summed E-state index contributed by atoms with van der Waals surface area (Å²) in [5.41, 5.74) is 8.95. The normalized spacial score (nSPS) is 21.6. The van der Waals surface area contributed by atoms with Gasteiger partial charge in [-0.05, 0) is 70.0 Å². The van der Waals surface area contributed by atoms with Crippen molar-refractivity contribution < 1.29 is 33.2 Å². The molecule has 0 saturated carbocycles. The minimum atomic E-state index is -0.517. The Morgan fingerprint density at radius 1 is 0.542 bits per heavy atom. The largest absolute Gasteiger partial charge is 0.488 e. The second-order valence-electron chi connectivity index (χ2n) is 15.5. The predicted octanol–water partition coefficient (Wildman–Crippen LogP) is 10.2. The van der Waals surface area contributed by atoms with Crippen molar-refractivity contribution in [1.82, 2.24) is 0 Å². The minimum Gasteiger partial charge on any atom is -0.488 e. The van der Waals surface area contributed by atoms with Crippen molar-refractivity contribution in [3.8, 4) is 5.75 Å². The van der Waals surface area contributed by atoms with Crippen molar-refractivity contribution in [2.24, 2.45) is 0 Å². The van der Waals surface area contributed by atoms with Crippen LogP contribution in [0.4, 0.5) is 0 Å². The molecule has 0 N–H and O–H groups in total. The average Bonchev–Trinajstić information content (AvgIpc) is 3.80. The molecule has 0 radical (unpaired) electrons. The summed E-state index contributed by atoms with van der Waals surface area (Å²) in [6.07, 6.45) is -0.680. The number of aryl methyl sites for hydroxylation is 1. The molecule has 0 amide bonds. The zero-order chi connectivity index (χ0) is 40.1. The molecule has 8 rings (SSSR count). The molecular formula is C52H54O7. The molecule has 0 aliphatic carbocycles. The van der Waals surface area contributed by atoms with Gasteiger partial charge in [0.25, 0.3) is 0 Å². The molecule has 2 fully saturated rings. The van der Waals surface area contributed by atoms with Crippen LogP contribution in [0.2, 0.25) is 0 Å². The van der Waals surface area contributed by atoms with Gasteiger partial charge in [-0.2, -0.15) is 0 Å². The molecule has 0 spiro atoms. The summed E-state index contributed by atoms with van der Waals surface area (Å²) in [5.74, 6) is 0.870. The quantitative estimate of drug-likeness (QED) is 0.0859. The van der Waals surface area contributed by atoms with Crippen molar-refractivity contribution >= 4 is 0 Å². The Balaban J connectivity index is 1.12. The molecule has 2 heterocycles. The number of rotatable bonds is 18. The van der Waals surface area contributed by atoms with E-state index in [1.807, 2.05) is 72.8 Å². The van der Waals surface area contributed by atoms with Gasteiger partial charge in [0.2, 0.25) is 0 Å². The molecule has 0 bridgehead atoms. The van der Waals surface area contributed by atoms with E-state index in [1.54, 1.807) is 0 Å². The molecule has 59 heavy (non-hydrogen) atoms. The summed E-state index contributed by atoms with van der Waals surface area (Å²) >= 11 is 0. The third kappa shape index (κ3) is 11.3. The Kier molecular flexibility index (Phi) is 14.3. The van der Waals surface area contributed by atoms with Crippen molar-refractivity contribution in [3.05, 3.63) is 208 Å². The summed E-state index contributed by atoms with van der Waals surface area (Å²) in [6, 6.07) is 56.1.